The molecule has 0 aromatic heterocycles. The Morgan fingerprint density at radius 3 is 1.56 bits per heavy atom. The number of unbranched alkanes of at least 4 members (excludes halogenated alkanes) is 9. The molecule has 0 aliphatic heterocycles. The number of rotatable bonds is 11. The normalized spacial score (nSPS) is 9.81. The number of hydrogen-bond donors (Lipinski definition) is 1. The Morgan fingerprint density at radius 1 is 0.812 bits per heavy atom. The molecule has 0 aromatic rings. The van der Waals surface area contributed by atoms with Crippen LogP contribution < -0.4 is 0 Å². The van der Waals surface area contributed by atoms with Gasteiger partial charge in [-0.15, -0.1) is 0 Å². The molecule has 0 amide bonds. The zero-order chi connectivity index (χ0) is 11.4. The Balaban J connectivity index is 0. The van der Waals surface area contributed by atoms with Crippen LogP contribution >= 0.6 is 0 Å². The van der Waals surface area contributed by atoms with Gasteiger partial charge in [-0.25, -0.2) is 0 Å². The highest BCUT2D eigenvalue weighted by Gasteiger charge is 1.96. The summed E-state index contributed by atoms with van der Waals surface area (Å²) in [4.78, 5) is 10.2. The van der Waals surface area contributed by atoms with Crippen LogP contribution in [-0.4, -0.2) is 11.1 Å². The van der Waals surface area contributed by atoms with Crippen LogP contribution in [0.2, 0.25) is 0 Å². The van der Waals surface area contributed by atoms with Crippen LogP contribution in [0, 0.1) is 0 Å². The molecule has 2 nitrogen and oxygen atoms in total. The molecule has 0 saturated carbocycles. The second-order valence-electron chi connectivity index (χ2n) is 4.33. The average Bonchev–Trinajstić information content (AvgIpc) is 2.20. The smallest absolute Gasteiger partial charge is 0.303 e. The lowest BCUT2D eigenvalue weighted by Gasteiger charge is -2.01. The Kier molecular flexibility index (Phi) is 16.0. The number of halogens is 1. The molecule has 3 heteroatoms. The van der Waals surface area contributed by atoms with Gasteiger partial charge in [-0.05, 0) is 6.42 Å². The van der Waals surface area contributed by atoms with Crippen molar-refractivity contribution < 1.29 is 14.6 Å². The fourth-order valence-corrected chi connectivity index (χ4v) is 1.76. The van der Waals surface area contributed by atoms with Gasteiger partial charge in [0.2, 0.25) is 0 Å². The minimum Gasteiger partial charge on any atom is -0.481 e. The summed E-state index contributed by atoms with van der Waals surface area (Å²) in [6.45, 7) is 2.24. The number of hydrogen-bond acceptors (Lipinski definition) is 1. The highest BCUT2D eigenvalue weighted by molar-refractivity contribution is 5.66. The molecule has 0 aliphatic carbocycles. The van der Waals surface area contributed by atoms with Crippen molar-refractivity contribution in [2.75, 3.05) is 0 Å². The number of carboxylic acid groups (broad SMARTS) is 1. The van der Waals surface area contributed by atoms with E-state index in [1.807, 2.05) is 0 Å². The Hall–Kier alpha value is -0.600. The van der Waals surface area contributed by atoms with Crippen LogP contribution in [0.15, 0.2) is 0 Å². The van der Waals surface area contributed by atoms with E-state index in [1.165, 1.54) is 51.4 Å². The summed E-state index contributed by atoms with van der Waals surface area (Å²) >= 11 is 0. The fraction of sp³-hybridized carbons (Fsp3) is 0.923. The molecule has 0 bridgehead atoms. The molecule has 98 valence electrons. The molecule has 0 saturated heterocycles. The molecule has 0 fully saturated rings. The van der Waals surface area contributed by atoms with Crippen LogP contribution in [0.5, 0.6) is 0 Å². The van der Waals surface area contributed by atoms with Crippen LogP contribution in [-0.2, 0) is 4.79 Å². The molecule has 0 heterocycles. The van der Waals surface area contributed by atoms with Gasteiger partial charge in [0.05, 0.1) is 0 Å². The summed E-state index contributed by atoms with van der Waals surface area (Å²) in [5.41, 5.74) is 0. The van der Waals surface area contributed by atoms with Crippen molar-refractivity contribution >= 4 is 5.97 Å². The monoisotopic (exact) mass is 234 g/mol. The van der Waals surface area contributed by atoms with E-state index < -0.39 is 5.97 Å². The lowest BCUT2D eigenvalue weighted by molar-refractivity contribution is -0.137. The number of aliphatic carboxylic acids is 1. The fourth-order valence-electron chi connectivity index (χ4n) is 1.76. The summed E-state index contributed by atoms with van der Waals surface area (Å²) < 4.78 is 0. The van der Waals surface area contributed by atoms with E-state index in [4.69, 9.17) is 5.11 Å². The van der Waals surface area contributed by atoms with Gasteiger partial charge < -0.3 is 5.11 Å². The molecule has 0 aromatic carbocycles. The second-order valence-corrected chi connectivity index (χ2v) is 4.33. The lowest BCUT2D eigenvalue weighted by Crippen LogP contribution is -1.93. The van der Waals surface area contributed by atoms with Gasteiger partial charge in [-0.3, -0.25) is 9.50 Å². The Morgan fingerprint density at radius 2 is 1.19 bits per heavy atom. The van der Waals surface area contributed by atoms with E-state index in [9.17, 15) is 4.79 Å². The summed E-state index contributed by atoms with van der Waals surface area (Å²) in [6.07, 6.45) is 12.9. The first-order chi connectivity index (χ1) is 7.27. The predicted molar refractivity (Wildman–Crippen MR) is 66.6 cm³/mol. The molecule has 0 atom stereocenters. The summed E-state index contributed by atoms with van der Waals surface area (Å²) in [5.74, 6) is -0.658. The maximum absolute atomic E-state index is 10.2. The van der Waals surface area contributed by atoms with E-state index in [1.54, 1.807) is 0 Å². The molecule has 0 aliphatic rings. The third-order valence-corrected chi connectivity index (χ3v) is 2.74. The first-order valence-corrected chi connectivity index (χ1v) is 6.49. The second kappa shape index (κ2) is 14.4. The van der Waals surface area contributed by atoms with Crippen molar-refractivity contribution in [3.63, 3.8) is 0 Å². The maximum atomic E-state index is 10.2. The molecular formula is C13H27FO2. The predicted octanol–water partition coefficient (Wildman–Crippen LogP) is 4.53. The van der Waals surface area contributed by atoms with Gasteiger partial charge in [0.1, 0.15) is 0 Å². The van der Waals surface area contributed by atoms with Gasteiger partial charge >= 0.3 is 5.97 Å². The molecule has 0 radical (unpaired) electrons. The van der Waals surface area contributed by atoms with Crippen molar-refractivity contribution in [1.29, 1.82) is 0 Å². The maximum Gasteiger partial charge on any atom is 0.303 e. The molecule has 0 spiro atoms. The molecule has 0 rings (SSSR count). The van der Waals surface area contributed by atoms with Gasteiger partial charge in [-0.1, -0.05) is 64.7 Å². The third-order valence-electron chi connectivity index (χ3n) is 2.74. The first kappa shape index (κ1) is 17.8. The largest absolute Gasteiger partial charge is 0.481 e. The van der Waals surface area contributed by atoms with E-state index in [-0.39, 0.29) is 4.70 Å². The van der Waals surface area contributed by atoms with E-state index >= 15 is 0 Å². The topological polar surface area (TPSA) is 37.3 Å². The van der Waals surface area contributed by atoms with Crippen molar-refractivity contribution in [2.24, 2.45) is 0 Å². The zero-order valence-electron chi connectivity index (χ0n) is 10.5. The van der Waals surface area contributed by atoms with Crippen LogP contribution in [0.3, 0.4) is 0 Å². The zero-order valence-corrected chi connectivity index (χ0v) is 10.5. The van der Waals surface area contributed by atoms with E-state index in [2.05, 4.69) is 6.92 Å². The molecule has 16 heavy (non-hydrogen) atoms. The van der Waals surface area contributed by atoms with Gasteiger partial charge in [-0.2, -0.15) is 0 Å². The quantitative estimate of drug-likeness (QED) is 0.533. The highest BCUT2D eigenvalue weighted by atomic mass is 19.0. The van der Waals surface area contributed by atoms with Crippen molar-refractivity contribution in [3.8, 4) is 0 Å². The van der Waals surface area contributed by atoms with Crippen LogP contribution in [0.4, 0.5) is 4.70 Å². The molecule has 1 N–H and O–H groups in total. The van der Waals surface area contributed by atoms with Crippen LogP contribution in [0.1, 0.15) is 77.6 Å². The summed E-state index contributed by atoms with van der Waals surface area (Å²) in [5, 5.41) is 8.44. The van der Waals surface area contributed by atoms with Crippen molar-refractivity contribution in [1.82, 2.24) is 0 Å². The Bertz CT molecular complexity index is 149. The highest BCUT2D eigenvalue weighted by Crippen LogP contribution is 2.10. The van der Waals surface area contributed by atoms with Gasteiger partial charge in [0, 0.05) is 6.42 Å². The lowest BCUT2D eigenvalue weighted by atomic mass is 10.1. The number of carboxylic acids is 1. The van der Waals surface area contributed by atoms with Crippen LogP contribution in [0.25, 0.3) is 0 Å². The minimum atomic E-state index is -0.658. The van der Waals surface area contributed by atoms with Gasteiger partial charge in [0.25, 0.3) is 0 Å². The van der Waals surface area contributed by atoms with Crippen molar-refractivity contribution in [2.45, 2.75) is 77.6 Å². The van der Waals surface area contributed by atoms with E-state index in [0.29, 0.717) is 6.42 Å². The summed E-state index contributed by atoms with van der Waals surface area (Å²) in [7, 11) is 0. The molecular weight excluding hydrogens is 207 g/mol. The van der Waals surface area contributed by atoms with E-state index in [0.717, 1.165) is 12.8 Å². The van der Waals surface area contributed by atoms with Crippen molar-refractivity contribution in [3.05, 3.63) is 0 Å². The minimum absolute atomic E-state index is 0. The third kappa shape index (κ3) is 15.9. The summed E-state index contributed by atoms with van der Waals surface area (Å²) in [6, 6.07) is 0. The molecule has 0 unspecified atom stereocenters. The number of carbonyl (C=O) groups is 1. The first-order valence-electron chi connectivity index (χ1n) is 6.49. The Labute approximate surface area is 98.8 Å². The van der Waals surface area contributed by atoms with Gasteiger partial charge in [0.15, 0.2) is 0 Å². The SMILES string of the molecule is CCCCCCCCCCCCC(=O)O.F. The standard InChI is InChI=1S/C13H26O2.FH/c1-2-3-4-5-6-7-8-9-10-11-12-13(14)15;/h2-12H2,1H3,(H,14,15);1H. The average molecular weight is 234 g/mol.